The smallest absolute Gasteiger partial charge is 0.267 e. The second-order valence-corrected chi connectivity index (χ2v) is 4.90. The molecule has 104 valence electrons. The van der Waals surface area contributed by atoms with E-state index in [9.17, 15) is 4.79 Å². The Morgan fingerprint density at radius 1 is 1.19 bits per heavy atom. The second-order valence-electron chi connectivity index (χ2n) is 4.06. The molecule has 1 amide bonds. The zero-order valence-corrected chi connectivity index (χ0v) is 12.2. The predicted octanol–water partition coefficient (Wildman–Crippen LogP) is 3.63. The van der Waals surface area contributed by atoms with E-state index in [0.29, 0.717) is 10.6 Å². The molecule has 2 rings (SSSR count). The predicted molar refractivity (Wildman–Crippen MR) is 82.7 cm³/mol. The Morgan fingerprint density at radius 2 is 1.90 bits per heavy atom. The van der Waals surface area contributed by atoms with Crippen LogP contribution in [0.3, 0.4) is 0 Å². The van der Waals surface area contributed by atoms with Crippen LogP contribution in [-0.4, -0.2) is 12.1 Å². The topological polar surface area (TPSA) is 65.2 Å². The molecule has 0 saturated carbocycles. The van der Waals surface area contributed by atoms with E-state index in [-0.39, 0.29) is 10.6 Å². The molecule has 0 bridgehead atoms. The fraction of sp³-hybridized carbons (Fsp3) is 0. The Kier molecular flexibility index (Phi) is 4.94. The number of rotatable bonds is 3. The van der Waals surface area contributed by atoms with Crippen molar-refractivity contribution in [3.63, 3.8) is 0 Å². The van der Waals surface area contributed by atoms with Gasteiger partial charge in [-0.3, -0.25) is 4.79 Å². The summed E-state index contributed by atoms with van der Waals surface area (Å²) < 4.78 is 0. The molecule has 21 heavy (non-hydrogen) atoms. The SMILES string of the molecule is N#Cc1ccc(/C=N\NC(=O)c2ccc(Cl)cc2Cl)cc1. The van der Waals surface area contributed by atoms with Crippen LogP contribution < -0.4 is 5.43 Å². The maximum absolute atomic E-state index is 11.9. The third-order valence-corrected chi connectivity index (χ3v) is 3.14. The number of amides is 1. The maximum Gasteiger partial charge on any atom is 0.272 e. The van der Waals surface area contributed by atoms with Crippen LogP contribution in [0.2, 0.25) is 10.0 Å². The van der Waals surface area contributed by atoms with Crippen molar-refractivity contribution in [1.29, 1.82) is 5.26 Å². The zero-order chi connectivity index (χ0) is 15.2. The van der Waals surface area contributed by atoms with Crippen LogP contribution in [0.15, 0.2) is 47.6 Å². The van der Waals surface area contributed by atoms with E-state index in [1.807, 2.05) is 6.07 Å². The van der Waals surface area contributed by atoms with E-state index >= 15 is 0 Å². The number of hydrazone groups is 1. The normalized spacial score (nSPS) is 10.3. The number of hydrogen-bond acceptors (Lipinski definition) is 3. The van der Waals surface area contributed by atoms with Crippen molar-refractivity contribution < 1.29 is 4.79 Å². The number of nitrogens with one attached hydrogen (secondary N) is 1. The van der Waals surface area contributed by atoms with Gasteiger partial charge >= 0.3 is 0 Å². The Bertz CT molecular complexity index is 734. The van der Waals surface area contributed by atoms with Crippen LogP contribution in [0, 0.1) is 11.3 Å². The molecule has 0 aromatic heterocycles. The van der Waals surface area contributed by atoms with Crippen molar-refractivity contribution in [2.45, 2.75) is 0 Å². The van der Waals surface area contributed by atoms with Gasteiger partial charge in [-0.2, -0.15) is 10.4 Å². The van der Waals surface area contributed by atoms with E-state index in [1.165, 1.54) is 18.3 Å². The van der Waals surface area contributed by atoms with Crippen LogP contribution in [0.25, 0.3) is 0 Å². The number of carbonyl (C=O) groups excluding carboxylic acids is 1. The van der Waals surface area contributed by atoms with E-state index in [4.69, 9.17) is 28.5 Å². The minimum absolute atomic E-state index is 0.258. The summed E-state index contributed by atoms with van der Waals surface area (Å²) in [6.07, 6.45) is 1.48. The van der Waals surface area contributed by atoms with Crippen molar-refractivity contribution in [2.75, 3.05) is 0 Å². The molecule has 0 radical (unpaired) electrons. The minimum Gasteiger partial charge on any atom is -0.267 e. The van der Waals surface area contributed by atoms with Gasteiger partial charge in [-0.1, -0.05) is 35.3 Å². The molecule has 0 unspecified atom stereocenters. The number of carbonyl (C=O) groups is 1. The molecule has 0 spiro atoms. The van der Waals surface area contributed by atoms with Crippen LogP contribution in [0.5, 0.6) is 0 Å². The first-order valence-corrected chi connectivity index (χ1v) is 6.64. The van der Waals surface area contributed by atoms with Gasteiger partial charge in [0.15, 0.2) is 0 Å². The minimum atomic E-state index is -0.429. The molecule has 0 saturated heterocycles. The molecule has 1 N–H and O–H groups in total. The zero-order valence-electron chi connectivity index (χ0n) is 10.7. The van der Waals surface area contributed by atoms with E-state index < -0.39 is 5.91 Å². The van der Waals surface area contributed by atoms with Crippen molar-refractivity contribution >= 4 is 35.3 Å². The number of nitrogens with zero attached hydrogens (tertiary/aromatic N) is 2. The highest BCUT2D eigenvalue weighted by atomic mass is 35.5. The Morgan fingerprint density at radius 3 is 2.52 bits per heavy atom. The molecule has 2 aromatic carbocycles. The van der Waals surface area contributed by atoms with Crippen molar-refractivity contribution in [3.05, 3.63) is 69.2 Å². The number of hydrogen-bond donors (Lipinski definition) is 1. The van der Waals surface area contributed by atoms with Crippen molar-refractivity contribution in [2.24, 2.45) is 5.10 Å². The van der Waals surface area contributed by atoms with Crippen LogP contribution >= 0.6 is 23.2 Å². The molecule has 0 fully saturated rings. The lowest BCUT2D eigenvalue weighted by atomic mass is 10.2. The van der Waals surface area contributed by atoms with Crippen LogP contribution in [0.1, 0.15) is 21.5 Å². The average Bonchev–Trinajstić information content (AvgIpc) is 2.47. The standard InChI is InChI=1S/C15H9Cl2N3O/c16-12-5-6-13(14(17)7-12)15(21)20-19-9-11-3-1-10(8-18)2-4-11/h1-7,9H,(H,20,21)/b19-9-. The summed E-state index contributed by atoms with van der Waals surface area (Å²) in [4.78, 5) is 11.9. The number of nitriles is 1. The third kappa shape index (κ3) is 4.06. The van der Waals surface area contributed by atoms with Gasteiger partial charge in [0.1, 0.15) is 0 Å². The molecule has 4 nitrogen and oxygen atoms in total. The fourth-order valence-electron chi connectivity index (χ4n) is 1.54. The summed E-state index contributed by atoms with van der Waals surface area (Å²) in [6, 6.07) is 13.4. The number of benzene rings is 2. The van der Waals surface area contributed by atoms with E-state index in [1.54, 1.807) is 30.3 Å². The van der Waals surface area contributed by atoms with Crippen molar-refractivity contribution in [3.8, 4) is 6.07 Å². The highest BCUT2D eigenvalue weighted by Gasteiger charge is 2.09. The first-order valence-electron chi connectivity index (χ1n) is 5.89. The van der Waals surface area contributed by atoms with Gasteiger partial charge in [0.2, 0.25) is 0 Å². The van der Waals surface area contributed by atoms with E-state index in [2.05, 4.69) is 10.5 Å². The molecule has 0 atom stereocenters. The second kappa shape index (κ2) is 6.89. The monoisotopic (exact) mass is 317 g/mol. The van der Waals surface area contributed by atoms with Gasteiger partial charge in [0, 0.05) is 5.02 Å². The molecular formula is C15H9Cl2N3O. The molecule has 0 aliphatic rings. The van der Waals surface area contributed by atoms with Crippen LogP contribution in [-0.2, 0) is 0 Å². The molecular weight excluding hydrogens is 309 g/mol. The fourth-order valence-corrected chi connectivity index (χ4v) is 2.04. The highest BCUT2D eigenvalue weighted by molar-refractivity contribution is 6.36. The van der Waals surface area contributed by atoms with Crippen LogP contribution in [0.4, 0.5) is 0 Å². The third-order valence-electron chi connectivity index (χ3n) is 2.60. The van der Waals surface area contributed by atoms with Gasteiger partial charge in [-0.25, -0.2) is 5.43 Å². The Balaban J connectivity index is 2.03. The van der Waals surface area contributed by atoms with Crippen molar-refractivity contribution in [1.82, 2.24) is 5.43 Å². The summed E-state index contributed by atoms with van der Waals surface area (Å²) >= 11 is 11.7. The Hall–Kier alpha value is -2.35. The van der Waals surface area contributed by atoms with Gasteiger partial charge in [-0.15, -0.1) is 0 Å². The quantitative estimate of drug-likeness (QED) is 0.694. The van der Waals surface area contributed by atoms with Gasteiger partial charge in [-0.05, 0) is 35.9 Å². The summed E-state index contributed by atoms with van der Waals surface area (Å²) in [5.74, 6) is -0.429. The Labute approximate surface area is 131 Å². The summed E-state index contributed by atoms with van der Waals surface area (Å²) in [7, 11) is 0. The van der Waals surface area contributed by atoms with Gasteiger partial charge in [0.25, 0.3) is 5.91 Å². The first-order chi connectivity index (χ1) is 10.1. The van der Waals surface area contributed by atoms with Gasteiger partial charge < -0.3 is 0 Å². The lowest BCUT2D eigenvalue weighted by Crippen LogP contribution is -2.18. The molecule has 0 aliphatic carbocycles. The molecule has 0 aliphatic heterocycles. The summed E-state index contributed by atoms with van der Waals surface area (Å²) in [6.45, 7) is 0. The molecule has 2 aromatic rings. The summed E-state index contributed by atoms with van der Waals surface area (Å²) in [5, 5.41) is 13.2. The number of halogens is 2. The largest absolute Gasteiger partial charge is 0.272 e. The highest BCUT2D eigenvalue weighted by Crippen LogP contribution is 2.20. The van der Waals surface area contributed by atoms with Gasteiger partial charge in [0.05, 0.1) is 28.4 Å². The summed E-state index contributed by atoms with van der Waals surface area (Å²) in [5.41, 5.74) is 3.98. The maximum atomic E-state index is 11.9. The molecule has 6 heteroatoms. The molecule has 0 heterocycles. The lowest BCUT2D eigenvalue weighted by molar-refractivity contribution is 0.0955. The van der Waals surface area contributed by atoms with E-state index in [0.717, 1.165) is 5.56 Å². The first kappa shape index (κ1) is 15.0. The average molecular weight is 318 g/mol. The lowest BCUT2D eigenvalue weighted by Gasteiger charge is -2.02.